The van der Waals surface area contributed by atoms with E-state index in [1.165, 1.54) is 225 Å². The number of allylic oxidation sites excluding steroid dienone is 6. The largest absolute Gasteiger partial charge is 0.472 e. The zero-order chi connectivity index (χ0) is 54.9. The molecule has 2 unspecified atom stereocenters. The van der Waals surface area contributed by atoms with Gasteiger partial charge in [-0.1, -0.05) is 269 Å². The predicted octanol–water partition coefficient (Wildman–Crippen LogP) is 20.3. The quantitative estimate of drug-likeness (QED) is 0.0211. The normalized spacial score (nSPS) is 13.4. The number of rotatable bonds is 60. The first-order valence-electron chi connectivity index (χ1n) is 32.2. The lowest BCUT2D eigenvalue weighted by molar-refractivity contribution is -0.870. The van der Waals surface area contributed by atoms with Crippen molar-refractivity contribution in [2.24, 2.45) is 0 Å². The number of carbonyl (C=O) groups excluding carboxylic acids is 2. The fraction of sp³-hybridized carbons (Fsp3) is 0.877. The Hall–Kier alpha value is -1.77. The van der Waals surface area contributed by atoms with Gasteiger partial charge in [0.05, 0.1) is 27.7 Å². The molecule has 1 N–H and O–H groups in total. The molecule has 0 bridgehead atoms. The minimum Gasteiger partial charge on any atom is -0.462 e. The fourth-order valence-corrected chi connectivity index (χ4v) is 10.1. The zero-order valence-corrected chi connectivity index (χ0v) is 51.2. The van der Waals surface area contributed by atoms with E-state index in [9.17, 15) is 19.0 Å². The van der Waals surface area contributed by atoms with E-state index in [4.69, 9.17) is 18.5 Å². The molecular weight excluding hydrogens is 954 g/mol. The smallest absolute Gasteiger partial charge is 0.462 e. The summed E-state index contributed by atoms with van der Waals surface area (Å²) in [5.41, 5.74) is 0. The van der Waals surface area contributed by atoms with E-state index in [2.05, 4.69) is 50.3 Å². The SMILES string of the molecule is CCCCCCC/C=C\C/C=C\CCCCCCCCCCCCCCCCCCCCCCCCCC(=O)OC(COC(=O)CCCCCCC/C=C\CCCCCCCCC)COP(=O)(O)OCC[N+](C)(C)C. The molecular formula is C65H125NO8P+. The zero-order valence-electron chi connectivity index (χ0n) is 50.3. The van der Waals surface area contributed by atoms with Crippen LogP contribution in [0.3, 0.4) is 0 Å². The molecule has 10 heteroatoms. The van der Waals surface area contributed by atoms with Crippen LogP contribution >= 0.6 is 7.82 Å². The number of carbonyl (C=O) groups is 2. The van der Waals surface area contributed by atoms with Crippen molar-refractivity contribution in [2.45, 2.75) is 322 Å². The maximum atomic E-state index is 12.8. The summed E-state index contributed by atoms with van der Waals surface area (Å²) in [5, 5.41) is 0. The molecule has 0 aliphatic carbocycles. The number of esters is 2. The number of phosphoric acid groups is 1. The summed E-state index contributed by atoms with van der Waals surface area (Å²) < 4.78 is 34.6. The van der Waals surface area contributed by atoms with Crippen LogP contribution in [-0.4, -0.2) is 74.9 Å². The molecule has 0 spiro atoms. The number of nitrogens with zero attached hydrogens (tertiary/aromatic N) is 1. The Bertz CT molecular complexity index is 1360. The summed E-state index contributed by atoms with van der Waals surface area (Å²) >= 11 is 0. The Morgan fingerprint density at radius 3 is 1.07 bits per heavy atom. The van der Waals surface area contributed by atoms with Gasteiger partial charge in [0.15, 0.2) is 6.10 Å². The van der Waals surface area contributed by atoms with E-state index >= 15 is 0 Å². The summed E-state index contributed by atoms with van der Waals surface area (Å²) in [5.74, 6) is -0.792. The lowest BCUT2D eigenvalue weighted by Gasteiger charge is -2.24. The van der Waals surface area contributed by atoms with Gasteiger partial charge in [-0.15, -0.1) is 0 Å². The van der Waals surface area contributed by atoms with Crippen LogP contribution < -0.4 is 0 Å². The van der Waals surface area contributed by atoms with Crippen molar-refractivity contribution in [2.75, 3.05) is 47.5 Å². The lowest BCUT2D eigenvalue weighted by atomic mass is 10.0. The minimum atomic E-state index is -4.38. The van der Waals surface area contributed by atoms with Crippen LogP contribution in [0, 0.1) is 0 Å². The second kappa shape index (κ2) is 56.9. The van der Waals surface area contributed by atoms with E-state index in [-0.39, 0.29) is 32.0 Å². The molecule has 0 aliphatic rings. The van der Waals surface area contributed by atoms with Gasteiger partial charge >= 0.3 is 19.8 Å². The molecule has 2 atom stereocenters. The highest BCUT2D eigenvalue weighted by atomic mass is 31.2. The van der Waals surface area contributed by atoms with E-state index < -0.39 is 26.5 Å². The van der Waals surface area contributed by atoms with Gasteiger partial charge in [0.2, 0.25) is 0 Å². The van der Waals surface area contributed by atoms with Crippen LogP contribution in [0.4, 0.5) is 0 Å². The second-order valence-corrected chi connectivity index (χ2v) is 24.6. The van der Waals surface area contributed by atoms with Gasteiger partial charge in [-0.3, -0.25) is 18.6 Å². The molecule has 0 aliphatic heterocycles. The highest BCUT2D eigenvalue weighted by molar-refractivity contribution is 7.47. The maximum absolute atomic E-state index is 12.8. The van der Waals surface area contributed by atoms with Gasteiger partial charge in [0, 0.05) is 12.8 Å². The minimum absolute atomic E-state index is 0.0327. The fourth-order valence-electron chi connectivity index (χ4n) is 9.40. The standard InChI is InChI=1S/C65H124NO8P/c1-6-8-10-12-14-16-18-20-22-24-25-26-27-28-29-30-31-32-33-34-35-36-37-38-39-40-41-42-44-46-48-50-52-54-56-58-65(68)74-63(62-73-75(69,70)72-60-59-66(3,4)5)61-71-64(67)57-55-53-51-49-47-45-43-23-21-19-17-15-13-11-9-7-2/h18,20,23-25,43,63H,6-17,19,21-22,26-42,44-62H2,1-5H3/p+1/b20-18-,25-24-,43-23-. The number of hydrogen-bond donors (Lipinski definition) is 1. The maximum Gasteiger partial charge on any atom is 0.472 e. The van der Waals surface area contributed by atoms with E-state index in [0.717, 1.165) is 57.8 Å². The van der Waals surface area contributed by atoms with Crippen LogP contribution in [-0.2, 0) is 32.7 Å². The molecule has 0 aromatic rings. The molecule has 0 aromatic carbocycles. The van der Waals surface area contributed by atoms with Gasteiger partial charge in [0.1, 0.15) is 19.8 Å². The predicted molar refractivity (Wildman–Crippen MR) is 321 cm³/mol. The third-order valence-corrected chi connectivity index (χ3v) is 15.4. The number of unbranched alkanes of at least 4 members (excludes halogenated alkanes) is 40. The molecule has 0 saturated carbocycles. The Morgan fingerprint density at radius 1 is 0.413 bits per heavy atom. The molecule has 0 saturated heterocycles. The highest BCUT2D eigenvalue weighted by Gasteiger charge is 2.27. The van der Waals surface area contributed by atoms with Crippen molar-refractivity contribution in [3.8, 4) is 0 Å². The monoisotopic (exact) mass is 1080 g/mol. The first-order chi connectivity index (χ1) is 36.5. The van der Waals surface area contributed by atoms with Gasteiger partial charge in [0.25, 0.3) is 0 Å². The number of phosphoric ester groups is 1. The summed E-state index contributed by atoms with van der Waals surface area (Å²) in [6.45, 7) is 4.46. The van der Waals surface area contributed by atoms with Crippen molar-refractivity contribution < 1.29 is 42.1 Å². The molecule has 0 heterocycles. The first kappa shape index (κ1) is 73.2. The third-order valence-electron chi connectivity index (χ3n) is 14.4. The van der Waals surface area contributed by atoms with Gasteiger partial charge in [-0.2, -0.15) is 0 Å². The Balaban J connectivity index is 3.96. The summed E-state index contributed by atoms with van der Waals surface area (Å²) in [7, 11) is 1.49. The van der Waals surface area contributed by atoms with Crippen LogP contribution in [0.2, 0.25) is 0 Å². The van der Waals surface area contributed by atoms with Crippen molar-refractivity contribution in [1.29, 1.82) is 0 Å². The molecule has 0 radical (unpaired) electrons. The topological polar surface area (TPSA) is 108 Å². The molecule has 9 nitrogen and oxygen atoms in total. The van der Waals surface area contributed by atoms with Crippen molar-refractivity contribution in [3.63, 3.8) is 0 Å². The van der Waals surface area contributed by atoms with E-state index in [1.54, 1.807) is 0 Å². The number of likely N-dealkylation sites (N-methyl/N-ethyl adjacent to an activating group) is 1. The van der Waals surface area contributed by atoms with Crippen molar-refractivity contribution in [1.82, 2.24) is 0 Å². The van der Waals surface area contributed by atoms with E-state index in [0.29, 0.717) is 17.4 Å². The van der Waals surface area contributed by atoms with Gasteiger partial charge in [-0.05, 0) is 70.6 Å². The van der Waals surface area contributed by atoms with Crippen molar-refractivity contribution >= 4 is 19.8 Å². The summed E-state index contributed by atoms with van der Waals surface area (Å²) in [6, 6.07) is 0. The van der Waals surface area contributed by atoms with Crippen LogP contribution in [0.15, 0.2) is 36.5 Å². The molecule has 442 valence electrons. The average Bonchev–Trinajstić information content (AvgIpc) is 3.37. The second-order valence-electron chi connectivity index (χ2n) is 23.1. The summed E-state index contributed by atoms with van der Waals surface area (Å²) in [6.07, 6.45) is 71.0. The van der Waals surface area contributed by atoms with Crippen LogP contribution in [0.25, 0.3) is 0 Å². The molecule has 0 fully saturated rings. The molecule has 0 aromatic heterocycles. The van der Waals surface area contributed by atoms with Gasteiger partial charge in [-0.25, -0.2) is 4.57 Å². The van der Waals surface area contributed by atoms with Gasteiger partial charge < -0.3 is 18.9 Å². The third kappa shape index (κ3) is 61.3. The Morgan fingerprint density at radius 2 is 0.720 bits per heavy atom. The Kier molecular flexibility index (Phi) is 55.6. The van der Waals surface area contributed by atoms with E-state index in [1.807, 2.05) is 21.1 Å². The van der Waals surface area contributed by atoms with Crippen LogP contribution in [0.1, 0.15) is 316 Å². The molecule has 0 rings (SSSR count). The average molecular weight is 1080 g/mol. The lowest BCUT2D eigenvalue weighted by Crippen LogP contribution is -2.37. The van der Waals surface area contributed by atoms with Crippen molar-refractivity contribution in [3.05, 3.63) is 36.5 Å². The highest BCUT2D eigenvalue weighted by Crippen LogP contribution is 2.43. The Labute approximate surface area is 465 Å². The molecule has 75 heavy (non-hydrogen) atoms. The van der Waals surface area contributed by atoms with Crippen LogP contribution in [0.5, 0.6) is 0 Å². The number of ether oxygens (including phenoxy) is 2. The molecule has 0 amide bonds. The summed E-state index contributed by atoms with van der Waals surface area (Å²) in [4.78, 5) is 35.7. The number of quaternary nitrogens is 1. The number of hydrogen-bond acceptors (Lipinski definition) is 7. The first-order valence-corrected chi connectivity index (χ1v) is 33.7.